The number of ether oxygens (including phenoxy) is 1. The second kappa shape index (κ2) is 10.6. The van der Waals surface area contributed by atoms with Gasteiger partial charge in [0.2, 0.25) is 0 Å². The zero-order chi connectivity index (χ0) is 16.6. The summed E-state index contributed by atoms with van der Waals surface area (Å²) in [6, 6.07) is 0. The summed E-state index contributed by atoms with van der Waals surface area (Å²) in [5, 5.41) is 9.01. The van der Waals surface area contributed by atoms with Gasteiger partial charge in [-0.25, -0.2) is 9.78 Å². The number of carbonyl (C=O) groups excluding carboxylic acids is 1. The fourth-order valence-electron chi connectivity index (χ4n) is 1.54. The van der Waals surface area contributed by atoms with E-state index in [1.807, 2.05) is 33.2 Å². The number of hydrogen-bond donors (Lipinski definition) is 3. The van der Waals surface area contributed by atoms with Crippen LogP contribution in [-0.2, 0) is 11.3 Å². The number of rotatable bonds is 5. The Morgan fingerprint density at radius 2 is 1.96 bits per heavy atom. The molecule has 0 unspecified atom stereocenters. The summed E-state index contributed by atoms with van der Waals surface area (Å²) in [5.74, 6) is 0.679. The molecular formula is C14H26IN5O2S. The largest absolute Gasteiger partial charge is 0.444 e. The maximum atomic E-state index is 11.5. The van der Waals surface area contributed by atoms with Gasteiger partial charge in [0.25, 0.3) is 0 Å². The monoisotopic (exact) mass is 455 g/mol. The summed E-state index contributed by atoms with van der Waals surface area (Å²) < 4.78 is 5.15. The van der Waals surface area contributed by atoms with Crippen molar-refractivity contribution in [2.45, 2.75) is 39.8 Å². The molecule has 23 heavy (non-hydrogen) atoms. The second-order valence-electron chi connectivity index (χ2n) is 5.64. The van der Waals surface area contributed by atoms with Gasteiger partial charge in [0.05, 0.1) is 17.7 Å². The maximum absolute atomic E-state index is 11.5. The van der Waals surface area contributed by atoms with Crippen LogP contribution in [0, 0.1) is 6.92 Å². The highest BCUT2D eigenvalue weighted by molar-refractivity contribution is 14.0. The van der Waals surface area contributed by atoms with Gasteiger partial charge in [-0.05, 0) is 27.7 Å². The predicted molar refractivity (Wildman–Crippen MR) is 105 cm³/mol. The molecule has 7 nitrogen and oxygen atoms in total. The summed E-state index contributed by atoms with van der Waals surface area (Å²) >= 11 is 1.61. The van der Waals surface area contributed by atoms with E-state index in [1.54, 1.807) is 18.4 Å². The normalized spacial score (nSPS) is 11.4. The minimum absolute atomic E-state index is 0. The van der Waals surface area contributed by atoms with Gasteiger partial charge in [0.1, 0.15) is 5.60 Å². The molecule has 0 saturated heterocycles. The molecule has 0 aliphatic carbocycles. The van der Waals surface area contributed by atoms with Gasteiger partial charge in [-0.1, -0.05) is 0 Å². The minimum atomic E-state index is -0.484. The van der Waals surface area contributed by atoms with Crippen LogP contribution >= 0.6 is 35.3 Å². The van der Waals surface area contributed by atoms with Crippen LogP contribution in [0.1, 0.15) is 31.3 Å². The Balaban J connectivity index is 0.00000484. The van der Waals surface area contributed by atoms with Crippen LogP contribution in [0.15, 0.2) is 10.5 Å². The van der Waals surface area contributed by atoms with Gasteiger partial charge < -0.3 is 20.7 Å². The van der Waals surface area contributed by atoms with Crippen molar-refractivity contribution in [1.82, 2.24) is 20.9 Å². The molecule has 0 aliphatic heterocycles. The van der Waals surface area contributed by atoms with Crippen molar-refractivity contribution in [3.8, 4) is 0 Å². The van der Waals surface area contributed by atoms with Gasteiger partial charge in [-0.15, -0.1) is 35.3 Å². The van der Waals surface area contributed by atoms with E-state index in [2.05, 4.69) is 25.9 Å². The van der Waals surface area contributed by atoms with Crippen LogP contribution in [0.5, 0.6) is 0 Å². The van der Waals surface area contributed by atoms with E-state index in [0.717, 1.165) is 5.69 Å². The van der Waals surface area contributed by atoms with E-state index in [9.17, 15) is 4.79 Å². The minimum Gasteiger partial charge on any atom is -0.444 e. The maximum Gasteiger partial charge on any atom is 0.407 e. The molecule has 1 aromatic heterocycles. The first-order valence-corrected chi connectivity index (χ1v) is 8.00. The van der Waals surface area contributed by atoms with Crippen LogP contribution in [-0.4, -0.2) is 42.8 Å². The number of amides is 1. The average Bonchev–Trinajstić information content (AvgIpc) is 2.81. The molecule has 0 radical (unpaired) electrons. The third-order valence-electron chi connectivity index (χ3n) is 2.57. The Bertz CT molecular complexity index is 514. The fourth-order valence-corrected chi connectivity index (χ4v) is 2.26. The van der Waals surface area contributed by atoms with Crippen molar-refractivity contribution in [3.05, 3.63) is 16.1 Å². The zero-order valence-electron chi connectivity index (χ0n) is 14.2. The molecule has 0 aromatic carbocycles. The lowest BCUT2D eigenvalue weighted by atomic mass is 10.2. The standard InChI is InChI=1S/C14H25N5O2S.HI/c1-10-11(22-9-19-10)8-18-12(15-5)16-6-7-17-13(20)21-14(2,3)4;/h9H,6-8H2,1-5H3,(H,17,20)(H2,15,16,18);1H. The number of aromatic nitrogens is 1. The molecule has 3 N–H and O–H groups in total. The van der Waals surface area contributed by atoms with E-state index in [1.165, 1.54) is 4.88 Å². The van der Waals surface area contributed by atoms with Crippen molar-refractivity contribution < 1.29 is 9.53 Å². The van der Waals surface area contributed by atoms with E-state index in [4.69, 9.17) is 4.74 Å². The number of halogens is 1. The second-order valence-corrected chi connectivity index (χ2v) is 6.58. The van der Waals surface area contributed by atoms with Gasteiger partial charge in [-0.2, -0.15) is 0 Å². The predicted octanol–water partition coefficient (Wildman–Crippen LogP) is 2.26. The SMILES string of the molecule is CN=C(NCCNC(=O)OC(C)(C)C)NCc1scnc1C.I. The number of hydrogen-bond acceptors (Lipinski definition) is 5. The van der Waals surface area contributed by atoms with Crippen LogP contribution in [0.3, 0.4) is 0 Å². The van der Waals surface area contributed by atoms with Gasteiger partial charge in [0, 0.05) is 25.0 Å². The fraction of sp³-hybridized carbons (Fsp3) is 0.643. The smallest absolute Gasteiger partial charge is 0.407 e. The summed E-state index contributed by atoms with van der Waals surface area (Å²) in [7, 11) is 1.70. The Morgan fingerprint density at radius 1 is 1.30 bits per heavy atom. The summed E-state index contributed by atoms with van der Waals surface area (Å²) in [6.45, 7) is 9.16. The highest BCUT2D eigenvalue weighted by Gasteiger charge is 2.15. The Labute approximate surface area is 158 Å². The molecule has 0 bridgehead atoms. The molecule has 9 heteroatoms. The number of thiazole rings is 1. The van der Waals surface area contributed by atoms with Crippen LogP contribution in [0.2, 0.25) is 0 Å². The van der Waals surface area contributed by atoms with E-state index < -0.39 is 11.7 Å². The molecule has 1 heterocycles. The molecule has 0 fully saturated rings. The third kappa shape index (κ3) is 9.59. The van der Waals surface area contributed by atoms with E-state index in [0.29, 0.717) is 25.6 Å². The number of aliphatic imine (C=N–C) groups is 1. The molecule has 0 aliphatic rings. The van der Waals surface area contributed by atoms with Crippen molar-refractivity contribution in [2.24, 2.45) is 4.99 Å². The topological polar surface area (TPSA) is 87.6 Å². The highest BCUT2D eigenvalue weighted by atomic mass is 127. The number of nitrogens with zero attached hydrogens (tertiary/aromatic N) is 2. The lowest BCUT2D eigenvalue weighted by molar-refractivity contribution is 0.0529. The highest BCUT2D eigenvalue weighted by Crippen LogP contribution is 2.10. The van der Waals surface area contributed by atoms with Gasteiger partial charge >= 0.3 is 6.09 Å². The van der Waals surface area contributed by atoms with Crippen LogP contribution < -0.4 is 16.0 Å². The summed E-state index contributed by atoms with van der Waals surface area (Å²) in [6.07, 6.45) is -0.419. The van der Waals surface area contributed by atoms with Crippen molar-refractivity contribution >= 4 is 47.4 Å². The zero-order valence-corrected chi connectivity index (χ0v) is 17.4. The van der Waals surface area contributed by atoms with Crippen LogP contribution in [0.25, 0.3) is 0 Å². The molecule has 1 rings (SSSR count). The molecule has 132 valence electrons. The first-order valence-electron chi connectivity index (χ1n) is 7.12. The number of aryl methyl sites for hydroxylation is 1. The first kappa shape index (κ1) is 21.9. The summed E-state index contributed by atoms with van der Waals surface area (Å²) in [5.41, 5.74) is 2.37. The first-order chi connectivity index (χ1) is 10.3. The number of alkyl carbamates (subject to hydrolysis) is 1. The molecule has 0 spiro atoms. The van der Waals surface area contributed by atoms with E-state index >= 15 is 0 Å². The molecule has 0 atom stereocenters. The molecular weight excluding hydrogens is 429 g/mol. The number of nitrogens with one attached hydrogen (secondary N) is 3. The van der Waals surface area contributed by atoms with Gasteiger partial charge in [-0.3, -0.25) is 4.99 Å². The quantitative estimate of drug-likeness (QED) is 0.275. The lowest BCUT2D eigenvalue weighted by Crippen LogP contribution is -2.42. The molecule has 0 saturated carbocycles. The van der Waals surface area contributed by atoms with E-state index in [-0.39, 0.29) is 24.0 Å². The van der Waals surface area contributed by atoms with Crippen molar-refractivity contribution in [3.63, 3.8) is 0 Å². The molecule has 1 aromatic rings. The van der Waals surface area contributed by atoms with Crippen molar-refractivity contribution in [2.75, 3.05) is 20.1 Å². The Kier molecular flexibility index (Phi) is 10.1. The lowest BCUT2D eigenvalue weighted by Gasteiger charge is -2.19. The number of carbonyl (C=O) groups is 1. The average molecular weight is 455 g/mol. The van der Waals surface area contributed by atoms with Gasteiger partial charge in [0.15, 0.2) is 5.96 Å². The molecule has 1 amide bonds. The Hall–Kier alpha value is -1.10. The Morgan fingerprint density at radius 3 is 2.48 bits per heavy atom. The third-order valence-corrected chi connectivity index (χ3v) is 3.51. The number of guanidine groups is 1. The van der Waals surface area contributed by atoms with Crippen LogP contribution in [0.4, 0.5) is 4.79 Å². The summed E-state index contributed by atoms with van der Waals surface area (Å²) in [4.78, 5) is 21.0. The van der Waals surface area contributed by atoms with Crippen molar-refractivity contribution in [1.29, 1.82) is 0 Å².